The molecule has 1 aromatic rings. The first-order valence-corrected chi connectivity index (χ1v) is 6.44. The van der Waals surface area contributed by atoms with E-state index < -0.39 is 10.7 Å². The highest BCUT2D eigenvalue weighted by molar-refractivity contribution is 14.1. The van der Waals surface area contributed by atoms with Crippen LogP contribution in [0.3, 0.4) is 0 Å². The van der Waals surface area contributed by atoms with Crippen LogP contribution in [0.15, 0.2) is 18.2 Å². The molecular formula is C10H6BrFINO2. The van der Waals surface area contributed by atoms with E-state index in [1.54, 1.807) is 0 Å². The lowest BCUT2D eigenvalue weighted by Crippen LogP contribution is -2.22. The van der Waals surface area contributed by atoms with Gasteiger partial charge in [-0.3, -0.25) is 14.9 Å². The van der Waals surface area contributed by atoms with Crippen LogP contribution < -0.4 is 5.32 Å². The fraction of sp³-hybridized carbons (Fsp3) is 0.200. The Kier molecular flexibility index (Phi) is 3.29. The molecule has 2 unspecified atom stereocenters. The van der Waals surface area contributed by atoms with Crippen molar-refractivity contribution >= 4 is 50.3 Å². The zero-order chi connectivity index (χ0) is 11.9. The van der Waals surface area contributed by atoms with Gasteiger partial charge in [-0.1, -0.05) is 22.0 Å². The number of carbonyl (C=O) groups is 2. The molecule has 6 heteroatoms. The SMILES string of the molecule is O=C1NC(=O)C(c2ccc(F)cc2I)C1Br. The Morgan fingerprint density at radius 2 is 2.00 bits per heavy atom. The Morgan fingerprint density at radius 1 is 1.31 bits per heavy atom. The monoisotopic (exact) mass is 397 g/mol. The van der Waals surface area contributed by atoms with E-state index in [0.29, 0.717) is 9.13 Å². The van der Waals surface area contributed by atoms with Crippen molar-refractivity contribution < 1.29 is 14.0 Å². The van der Waals surface area contributed by atoms with E-state index >= 15 is 0 Å². The molecule has 0 spiro atoms. The number of rotatable bonds is 1. The zero-order valence-corrected chi connectivity index (χ0v) is 11.6. The lowest BCUT2D eigenvalue weighted by atomic mass is 9.97. The number of halogens is 3. The van der Waals surface area contributed by atoms with Gasteiger partial charge in [0.15, 0.2) is 0 Å². The minimum absolute atomic E-state index is 0.351. The molecule has 1 aliphatic rings. The Balaban J connectivity index is 2.44. The molecule has 2 atom stereocenters. The van der Waals surface area contributed by atoms with Crippen molar-refractivity contribution in [1.29, 1.82) is 0 Å². The number of amides is 2. The molecule has 84 valence electrons. The van der Waals surface area contributed by atoms with Crippen molar-refractivity contribution in [3.8, 4) is 0 Å². The topological polar surface area (TPSA) is 46.2 Å². The van der Waals surface area contributed by atoms with Gasteiger partial charge in [0.05, 0.1) is 5.92 Å². The first kappa shape index (κ1) is 12.0. The second kappa shape index (κ2) is 4.40. The van der Waals surface area contributed by atoms with E-state index in [1.807, 2.05) is 22.6 Å². The summed E-state index contributed by atoms with van der Waals surface area (Å²) in [7, 11) is 0. The third kappa shape index (κ3) is 2.00. The van der Waals surface area contributed by atoms with Gasteiger partial charge in [-0.2, -0.15) is 0 Å². The molecule has 0 bridgehead atoms. The predicted octanol–water partition coefficient (Wildman–Crippen LogP) is 1.93. The quantitative estimate of drug-likeness (QED) is 0.447. The van der Waals surface area contributed by atoms with E-state index in [2.05, 4.69) is 21.2 Å². The minimum atomic E-state index is -0.584. The maximum Gasteiger partial charge on any atom is 0.241 e. The van der Waals surface area contributed by atoms with Gasteiger partial charge in [0, 0.05) is 3.57 Å². The molecule has 16 heavy (non-hydrogen) atoms. The third-order valence-electron chi connectivity index (χ3n) is 2.37. The summed E-state index contributed by atoms with van der Waals surface area (Å²) >= 11 is 5.12. The van der Waals surface area contributed by atoms with E-state index in [-0.39, 0.29) is 17.6 Å². The van der Waals surface area contributed by atoms with Gasteiger partial charge < -0.3 is 0 Å². The molecule has 0 aliphatic carbocycles. The Morgan fingerprint density at radius 3 is 2.50 bits per heavy atom. The Hall–Kier alpha value is -0.500. The van der Waals surface area contributed by atoms with Crippen LogP contribution >= 0.6 is 38.5 Å². The zero-order valence-electron chi connectivity index (χ0n) is 7.84. The first-order chi connectivity index (χ1) is 7.50. The molecule has 1 aromatic carbocycles. The van der Waals surface area contributed by atoms with E-state index in [4.69, 9.17) is 0 Å². The molecule has 1 saturated heterocycles. The van der Waals surface area contributed by atoms with Gasteiger partial charge in [-0.15, -0.1) is 0 Å². The summed E-state index contributed by atoms with van der Waals surface area (Å²) in [5.41, 5.74) is 0.659. The summed E-state index contributed by atoms with van der Waals surface area (Å²) in [5.74, 6) is -1.64. The minimum Gasteiger partial charge on any atom is -0.295 e. The maximum absolute atomic E-state index is 12.9. The molecule has 1 fully saturated rings. The van der Waals surface area contributed by atoms with Crippen molar-refractivity contribution in [2.45, 2.75) is 10.7 Å². The average molecular weight is 398 g/mol. The highest BCUT2D eigenvalue weighted by atomic mass is 127. The third-order valence-corrected chi connectivity index (χ3v) is 4.25. The van der Waals surface area contributed by atoms with Crippen LogP contribution in [0.1, 0.15) is 11.5 Å². The van der Waals surface area contributed by atoms with E-state index in [9.17, 15) is 14.0 Å². The van der Waals surface area contributed by atoms with Crippen molar-refractivity contribution in [2.75, 3.05) is 0 Å². The fourth-order valence-corrected chi connectivity index (χ4v) is 3.06. The number of benzene rings is 1. The largest absolute Gasteiger partial charge is 0.295 e. The number of alkyl halides is 1. The molecule has 0 aromatic heterocycles. The number of hydrogen-bond acceptors (Lipinski definition) is 2. The molecule has 0 saturated carbocycles. The lowest BCUT2D eigenvalue weighted by Gasteiger charge is -2.12. The summed E-state index contributed by atoms with van der Waals surface area (Å²) in [5, 5.41) is 2.24. The van der Waals surface area contributed by atoms with Gasteiger partial charge in [-0.05, 0) is 40.3 Å². The van der Waals surface area contributed by atoms with Crippen LogP contribution in [0.2, 0.25) is 0 Å². The van der Waals surface area contributed by atoms with Crippen LogP contribution in [-0.4, -0.2) is 16.6 Å². The number of hydrogen-bond donors (Lipinski definition) is 1. The van der Waals surface area contributed by atoms with E-state index in [0.717, 1.165) is 0 Å². The maximum atomic E-state index is 12.9. The summed E-state index contributed by atoms with van der Waals surface area (Å²) < 4.78 is 13.6. The summed E-state index contributed by atoms with van der Waals surface area (Å²) in [6, 6.07) is 4.16. The molecule has 1 N–H and O–H groups in total. The molecule has 2 amide bonds. The van der Waals surface area contributed by atoms with Crippen LogP contribution in [0.5, 0.6) is 0 Å². The predicted molar refractivity (Wildman–Crippen MR) is 67.7 cm³/mol. The first-order valence-electron chi connectivity index (χ1n) is 4.44. The average Bonchev–Trinajstić information content (AvgIpc) is 2.43. The van der Waals surface area contributed by atoms with Crippen LogP contribution in [0, 0.1) is 9.39 Å². The van der Waals surface area contributed by atoms with Crippen LogP contribution in [0.4, 0.5) is 4.39 Å². The van der Waals surface area contributed by atoms with E-state index in [1.165, 1.54) is 18.2 Å². The number of nitrogens with one attached hydrogen (secondary N) is 1. The highest BCUT2D eigenvalue weighted by Gasteiger charge is 2.41. The molecule has 3 nitrogen and oxygen atoms in total. The standard InChI is InChI=1S/C10H6BrFINO2/c11-8-7(9(15)14-10(8)16)5-2-1-4(12)3-6(5)13/h1-3,7-8H,(H,14,15,16). The summed E-state index contributed by atoms with van der Waals surface area (Å²) in [4.78, 5) is 22.3. The number of carbonyl (C=O) groups excluding carboxylic acids is 2. The molecule has 1 heterocycles. The van der Waals surface area contributed by atoms with Gasteiger partial charge in [0.25, 0.3) is 0 Å². The Labute approximate surface area is 113 Å². The fourth-order valence-electron chi connectivity index (χ4n) is 1.61. The van der Waals surface area contributed by atoms with Crippen molar-refractivity contribution in [2.24, 2.45) is 0 Å². The second-order valence-electron chi connectivity index (χ2n) is 3.40. The smallest absolute Gasteiger partial charge is 0.241 e. The summed E-state index contributed by atoms with van der Waals surface area (Å²) in [6.07, 6.45) is 0. The molecule has 1 aliphatic heterocycles. The van der Waals surface area contributed by atoms with Gasteiger partial charge in [0.1, 0.15) is 10.6 Å². The van der Waals surface area contributed by atoms with Crippen molar-refractivity contribution in [3.05, 3.63) is 33.1 Å². The van der Waals surface area contributed by atoms with Crippen molar-refractivity contribution in [1.82, 2.24) is 5.32 Å². The number of imide groups is 1. The van der Waals surface area contributed by atoms with Crippen molar-refractivity contribution in [3.63, 3.8) is 0 Å². The van der Waals surface area contributed by atoms with Gasteiger partial charge in [-0.25, -0.2) is 4.39 Å². The lowest BCUT2D eigenvalue weighted by molar-refractivity contribution is -0.125. The second-order valence-corrected chi connectivity index (χ2v) is 5.55. The normalized spacial score (nSPS) is 24.7. The molecule has 2 rings (SSSR count). The van der Waals surface area contributed by atoms with Crippen LogP contribution in [0.25, 0.3) is 0 Å². The summed E-state index contributed by atoms with van der Waals surface area (Å²) in [6.45, 7) is 0. The van der Waals surface area contributed by atoms with Gasteiger partial charge in [0.2, 0.25) is 11.8 Å². The van der Waals surface area contributed by atoms with Gasteiger partial charge >= 0.3 is 0 Å². The molecule has 0 radical (unpaired) electrons. The Bertz CT molecular complexity index is 480. The van der Waals surface area contributed by atoms with Crippen LogP contribution in [-0.2, 0) is 9.59 Å². The molecular weight excluding hydrogens is 392 g/mol. The highest BCUT2D eigenvalue weighted by Crippen LogP contribution is 2.32.